The highest BCUT2D eigenvalue weighted by molar-refractivity contribution is 9.10. The summed E-state index contributed by atoms with van der Waals surface area (Å²) in [5, 5.41) is 1.04. The van der Waals surface area contributed by atoms with Crippen LogP contribution in [0, 0.1) is 11.2 Å². The molecule has 0 spiro atoms. The predicted octanol–water partition coefficient (Wildman–Crippen LogP) is 5.75. The summed E-state index contributed by atoms with van der Waals surface area (Å²) in [5.74, 6) is 0.395. The van der Waals surface area contributed by atoms with E-state index in [4.69, 9.17) is 0 Å². The highest BCUT2D eigenvalue weighted by Crippen LogP contribution is 2.44. The van der Waals surface area contributed by atoms with Crippen LogP contribution in [0.15, 0.2) is 22.8 Å². The first kappa shape index (κ1) is 13.2. The number of hydrogen-bond acceptors (Lipinski definition) is 0. The predicted molar refractivity (Wildman–Crippen MR) is 80.9 cm³/mol. The molecule has 0 bridgehead atoms. The van der Waals surface area contributed by atoms with E-state index in [0.29, 0.717) is 11.3 Å². The Morgan fingerprint density at radius 3 is 2.63 bits per heavy atom. The van der Waals surface area contributed by atoms with Crippen molar-refractivity contribution in [2.75, 3.05) is 0 Å². The van der Waals surface area contributed by atoms with Crippen LogP contribution in [0.4, 0.5) is 4.39 Å². The molecule has 0 radical (unpaired) electrons. The number of hydrogen-bond donors (Lipinski definition) is 1. The van der Waals surface area contributed by atoms with Crippen molar-refractivity contribution in [3.05, 3.63) is 34.2 Å². The molecule has 0 saturated heterocycles. The molecule has 1 nitrogen and oxygen atoms in total. The van der Waals surface area contributed by atoms with Crippen molar-refractivity contribution in [1.82, 2.24) is 4.98 Å². The van der Waals surface area contributed by atoms with Gasteiger partial charge in [0.1, 0.15) is 5.82 Å². The van der Waals surface area contributed by atoms with Gasteiger partial charge in [0.25, 0.3) is 0 Å². The van der Waals surface area contributed by atoms with Crippen molar-refractivity contribution in [2.45, 2.75) is 45.4 Å². The van der Waals surface area contributed by atoms with Crippen LogP contribution in [-0.4, -0.2) is 4.98 Å². The van der Waals surface area contributed by atoms with Crippen molar-refractivity contribution in [2.24, 2.45) is 5.41 Å². The maximum absolute atomic E-state index is 13.6. The van der Waals surface area contributed by atoms with E-state index in [2.05, 4.69) is 41.0 Å². The van der Waals surface area contributed by atoms with E-state index < -0.39 is 0 Å². The lowest BCUT2D eigenvalue weighted by molar-refractivity contribution is 0.225. The summed E-state index contributed by atoms with van der Waals surface area (Å²) in [6, 6.07) is 3.18. The quantitative estimate of drug-likeness (QED) is 0.687. The minimum atomic E-state index is -0.170. The number of rotatable bonds is 1. The van der Waals surface area contributed by atoms with Gasteiger partial charge in [-0.3, -0.25) is 0 Å². The molecule has 1 aliphatic carbocycles. The molecule has 1 N–H and O–H groups in total. The molecule has 1 aromatic heterocycles. The standard InChI is InChI=1S/C16H19BrFN/c1-16(2)5-3-10(4-6-16)13-9-19-15-12(13)7-11(18)8-14(15)17/h7-10,19H,3-6H2,1-2H3. The highest BCUT2D eigenvalue weighted by atomic mass is 79.9. The third-order valence-corrected chi connectivity index (χ3v) is 5.14. The van der Waals surface area contributed by atoms with E-state index in [1.807, 2.05) is 0 Å². The SMILES string of the molecule is CC1(C)CCC(c2c[nH]c3c(Br)cc(F)cc23)CC1. The lowest BCUT2D eigenvalue weighted by Crippen LogP contribution is -2.20. The summed E-state index contributed by atoms with van der Waals surface area (Å²) in [4.78, 5) is 3.29. The Morgan fingerprint density at radius 2 is 1.95 bits per heavy atom. The minimum Gasteiger partial charge on any atom is -0.360 e. The third-order valence-electron chi connectivity index (χ3n) is 4.52. The Balaban J connectivity index is 1.98. The smallest absolute Gasteiger partial charge is 0.125 e. The number of nitrogens with one attached hydrogen (secondary N) is 1. The molecule has 1 aromatic carbocycles. The first-order chi connectivity index (χ1) is 8.96. The summed E-state index contributed by atoms with van der Waals surface area (Å²) in [7, 11) is 0. The van der Waals surface area contributed by atoms with Crippen molar-refractivity contribution >= 4 is 26.8 Å². The molecule has 1 fully saturated rings. The molecule has 2 aromatic rings. The Morgan fingerprint density at radius 1 is 1.26 bits per heavy atom. The molecule has 0 aliphatic heterocycles. The van der Waals surface area contributed by atoms with Gasteiger partial charge in [0, 0.05) is 16.1 Å². The van der Waals surface area contributed by atoms with Crippen LogP contribution in [0.1, 0.15) is 51.0 Å². The number of H-pyrrole nitrogens is 1. The molecule has 3 rings (SSSR count). The third kappa shape index (κ3) is 2.45. The summed E-state index contributed by atoms with van der Waals surface area (Å²) in [6.45, 7) is 4.68. The summed E-state index contributed by atoms with van der Waals surface area (Å²) >= 11 is 3.43. The van der Waals surface area contributed by atoms with Gasteiger partial charge in [0.2, 0.25) is 0 Å². The summed E-state index contributed by atoms with van der Waals surface area (Å²) < 4.78 is 14.4. The van der Waals surface area contributed by atoms with E-state index in [-0.39, 0.29) is 5.82 Å². The van der Waals surface area contributed by atoms with Crippen molar-refractivity contribution in [1.29, 1.82) is 0 Å². The van der Waals surface area contributed by atoms with Gasteiger partial charge in [-0.1, -0.05) is 13.8 Å². The van der Waals surface area contributed by atoms with Gasteiger partial charge in [-0.25, -0.2) is 4.39 Å². The fraction of sp³-hybridized carbons (Fsp3) is 0.500. The Labute approximate surface area is 121 Å². The second-order valence-corrected chi connectivity index (χ2v) is 7.35. The van der Waals surface area contributed by atoms with Gasteiger partial charge in [0.15, 0.2) is 0 Å². The van der Waals surface area contributed by atoms with Gasteiger partial charge in [-0.05, 0) is 70.6 Å². The number of benzene rings is 1. The van der Waals surface area contributed by atoms with Gasteiger partial charge < -0.3 is 4.98 Å². The van der Waals surface area contributed by atoms with Crippen LogP contribution in [0.5, 0.6) is 0 Å². The Kier molecular flexibility index (Phi) is 3.20. The number of halogens is 2. The lowest BCUT2D eigenvalue weighted by atomic mass is 9.71. The van der Waals surface area contributed by atoms with E-state index in [1.54, 1.807) is 6.07 Å². The van der Waals surface area contributed by atoms with E-state index in [9.17, 15) is 4.39 Å². The molecule has 0 amide bonds. The number of aromatic nitrogens is 1. The fourth-order valence-electron chi connectivity index (χ4n) is 3.22. The van der Waals surface area contributed by atoms with E-state index >= 15 is 0 Å². The molecule has 102 valence electrons. The van der Waals surface area contributed by atoms with Crippen molar-refractivity contribution in [3.63, 3.8) is 0 Å². The molecule has 1 saturated carbocycles. The Hall–Kier alpha value is -0.830. The van der Waals surface area contributed by atoms with Crippen molar-refractivity contribution < 1.29 is 4.39 Å². The fourth-order valence-corrected chi connectivity index (χ4v) is 3.77. The molecular weight excluding hydrogens is 305 g/mol. The average molecular weight is 324 g/mol. The van der Waals surface area contributed by atoms with Crippen LogP contribution >= 0.6 is 15.9 Å². The number of aromatic amines is 1. The zero-order valence-electron chi connectivity index (χ0n) is 11.4. The summed E-state index contributed by atoms with van der Waals surface area (Å²) in [5.41, 5.74) is 2.76. The minimum absolute atomic E-state index is 0.170. The first-order valence-corrected chi connectivity index (χ1v) is 7.72. The lowest BCUT2D eigenvalue weighted by Gasteiger charge is -2.34. The average Bonchev–Trinajstić information content (AvgIpc) is 2.73. The maximum atomic E-state index is 13.6. The van der Waals surface area contributed by atoms with E-state index in [0.717, 1.165) is 15.4 Å². The molecule has 19 heavy (non-hydrogen) atoms. The highest BCUT2D eigenvalue weighted by Gasteiger charge is 2.29. The topological polar surface area (TPSA) is 15.8 Å². The molecule has 0 atom stereocenters. The molecule has 3 heteroatoms. The molecule has 1 heterocycles. The first-order valence-electron chi connectivity index (χ1n) is 6.92. The van der Waals surface area contributed by atoms with Crippen LogP contribution < -0.4 is 0 Å². The van der Waals surface area contributed by atoms with Gasteiger partial charge in [0.05, 0.1) is 5.52 Å². The molecule has 1 aliphatic rings. The van der Waals surface area contributed by atoms with Gasteiger partial charge in [-0.15, -0.1) is 0 Å². The van der Waals surface area contributed by atoms with Crippen LogP contribution in [0.25, 0.3) is 10.9 Å². The number of fused-ring (bicyclic) bond motifs is 1. The van der Waals surface area contributed by atoms with Crippen LogP contribution in [0.3, 0.4) is 0 Å². The molecular formula is C16H19BrFN. The summed E-state index contributed by atoms with van der Waals surface area (Å²) in [6.07, 6.45) is 6.97. The van der Waals surface area contributed by atoms with Crippen LogP contribution in [0.2, 0.25) is 0 Å². The Bertz CT molecular complexity index is 604. The zero-order valence-corrected chi connectivity index (χ0v) is 13.0. The normalized spacial score (nSPS) is 20.0. The second kappa shape index (κ2) is 4.62. The van der Waals surface area contributed by atoms with E-state index in [1.165, 1.54) is 37.3 Å². The van der Waals surface area contributed by atoms with Crippen molar-refractivity contribution in [3.8, 4) is 0 Å². The monoisotopic (exact) mass is 323 g/mol. The largest absolute Gasteiger partial charge is 0.360 e. The van der Waals surface area contributed by atoms with Gasteiger partial charge >= 0.3 is 0 Å². The maximum Gasteiger partial charge on any atom is 0.125 e. The second-order valence-electron chi connectivity index (χ2n) is 6.49. The van der Waals surface area contributed by atoms with Gasteiger partial charge in [-0.2, -0.15) is 0 Å². The molecule has 0 unspecified atom stereocenters. The zero-order chi connectivity index (χ0) is 13.6. The van der Waals surface area contributed by atoms with Crippen LogP contribution in [-0.2, 0) is 0 Å².